The van der Waals surface area contributed by atoms with Crippen LogP contribution in [0.25, 0.3) is 23.1 Å². The average Bonchev–Trinajstić information content (AvgIpc) is 2.51. The molecule has 0 bridgehead atoms. The van der Waals surface area contributed by atoms with Crippen LogP contribution in [0.2, 0.25) is 0 Å². The molecule has 0 aliphatic carbocycles. The van der Waals surface area contributed by atoms with Crippen molar-refractivity contribution in [3.8, 4) is 5.75 Å². The molecule has 0 saturated carbocycles. The van der Waals surface area contributed by atoms with Gasteiger partial charge in [0.25, 0.3) is 0 Å². The van der Waals surface area contributed by atoms with E-state index in [4.69, 9.17) is 4.42 Å². The van der Waals surface area contributed by atoms with E-state index in [1.54, 1.807) is 12.1 Å². The number of aromatic hydroxyl groups is 1. The molecule has 0 atom stereocenters. The molecule has 3 rings (SSSR count). The number of phenolic OH excluding ortho intramolecular Hbond substituents is 1. The van der Waals surface area contributed by atoms with Crippen LogP contribution in [0.4, 0.5) is 0 Å². The second-order valence-corrected chi connectivity index (χ2v) is 6.36. The maximum atomic E-state index is 12.2. The fraction of sp³-hybridized carbons (Fsp3) is 0. The molecule has 0 aliphatic rings. The van der Waals surface area contributed by atoms with E-state index in [1.807, 2.05) is 36.4 Å². The van der Waals surface area contributed by atoms with Crippen LogP contribution < -0.4 is 5.43 Å². The molecule has 3 aromatic rings. The summed E-state index contributed by atoms with van der Waals surface area (Å²) in [5.41, 5.74) is 1.03. The molecular weight excluding hydrogens is 412 g/mol. The van der Waals surface area contributed by atoms with Crippen LogP contribution in [0, 0.1) is 0 Å². The lowest BCUT2D eigenvalue weighted by Gasteiger charge is -2.05. The van der Waals surface area contributed by atoms with Crippen molar-refractivity contribution in [2.24, 2.45) is 0 Å². The zero-order chi connectivity index (χ0) is 15.7. The first-order valence-electron chi connectivity index (χ1n) is 6.44. The molecule has 0 spiro atoms. The summed E-state index contributed by atoms with van der Waals surface area (Å²) < 4.78 is 6.75. The SMILES string of the molecule is O=c1cc(/C=C/c2ccccc2)oc2c(Br)cc(Br)c(O)c12. The third-order valence-electron chi connectivity index (χ3n) is 3.14. The molecule has 0 aliphatic heterocycles. The van der Waals surface area contributed by atoms with E-state index in [-0.39, 0.29) is 16.6 Å². The second-order valence-electron chi connectivity index (χ2n) is 4.65. The molecule has 110 valence electrons. The highest BCUT2D eigenvalue weighted by Crippen LogP contribution is 2.36. The van der Waals surface area contributed by atoms with E-state index < -0.39 is 0 Å². The minimum atomic E-state index is -0.298. The van der Waals surface area contributed by atoms with Crippen LogP contribution >= 0.6 is 31.9 Å². The van der Waals surface area contributed by atoms with Crippen molar-refractivity contribution in [1.82, 2.24) is 0 Å². The third-order valence-corrected chi connectivity index (χ3v) is 4.33. The molecular formula is C17H10Br2O3. The van der Waals surface area contributed by atoms with Gasteiger partial charge >= 0.3 is 0 Å². The highest BCUT2D eigenvalue weighted by atomic mass is 79.9. The number of fused-ring (bicyclic) bond motifs is 1. The summed E-state index contributed by atoms with van der Waals surface area (Å²) >= 11 is 6.55. The minimum absolute atomic E-state index is 0.120. The monoisotopic (exact) mass is 420 g/mol. The van der Waals surface area contributed by atoms with Gasteiger partial charge in [-0.1, -0.05) is 36.4 Å². The van der Waals surface area contributed by atoms with Gasteiger partial charge in [0.1, 0.15) is 16.9 Å². The van der Waals surface area contributed by atoms with Gasteiger partial charge in [-0.25, -0.2) is 0 Å². The first-order valence-corrected chi connectivity index (χ1v) is 8.03. The van der Waals surface area contributed by atoms with Crippen molar-refractivity contribution in [1.29, 1.82) is 0 Å². The Labute approximate surface area is 143 Å². The lowest BCUT2D eigenvalue weighted by atomic mass is 10.1. The van der Waals surface area contributed by atoms with Crippen LogP contribution in [0.15, 0.2) is 60.6 Å². The standard InChI is InChI=1S/C17H10Br2O3/c18-12-9-13(19)17-15(16(12)21)14(20)8-11(22-17)7-6-10-4-2-1-3-5-10/h1-9,21H/b7-6+. The van der Waals surface area contributed by atoms with Gasteiger partial charge in [-0.3, -0.25) is 4.79 Å². The van der Waals surface area contributed by atoms with Crippen LogP contribution in [-0.2, 0) is 0 Å². The van der Waals surface area contributed by atoms with Crippen LogP contribution in [0.1, 0.15) is 11.3 Å². The Morgan fingerprint density at radius 1 is 1.00 bits per heavy atom. The molecule has 2 aromatic carbocycles. The van der Waals surface area contributed by atoms with Gasteiger partial charge in [0, 0.05) is 6.07 Å². The number of hydrogen-bond acceptors (Lipinski definition) is 3. The van der Waals surface area contributed by atoms with Crippen LogP contribution in [0.3, 0.4) is 0 Å². The quantitative estimate of drug-likeness (QED) is 0.619. The molecule has 1 heterocycles. The lowest BCUT2D eigenvalue weighted by molar-refractivity contribution is 0.475. The van der Waals surface area contributed by atoms with Gasteiger partial charge in [-0.15, -0.1) is 0 Å². The van der Waals surface area contributed by atoms with E-state index in [9.17, 15) is 9.90 Å². The van der Waals surface area contributed by atoms with Gasteiger partial charge in [0.05, 0.1) is 8.95 Å². The van der Waals surface area contributed by atoms with Crippen LogP contribution in [-0.4, -0.2) is 5.11 Å². The van der Waals surface area contributed by atoms with Crippen molar-refractivity contribution < 1.29 is 9.52 Å². The maximum Gasteiger partial charge on any atom is 0.197 e. The van der Waals surface area contributed by atoms with Gasteiger partial charge in [-0.05, 0) is 49.6 Å². The first kappa shape index (κ1) is 15.1. The van der Waals surface area contributed by atoms with E-state index in [2.05, 4.69) is 31.9 Å². The number of rotatable bonds is 2. The molecule has 1 aromatic heterocycles. The molecule has 0 radical (unpaired) electrons. The molecule has 3 nitrogen and oxygen atoms in total. The predicted octanol–water partition coefficient (Wildman–Crippen LogP) is 5.19. The summed E-state index contributed by atoms with van der Waals surface area (Å²) in [6, 6.07) is 12.7. The maximum absolute atomic E-state index is 12.2. The summed E-state index contributed by atoms with van der Waals surface area (Å²) in [4.78, 5) is 12.2. The minimum Gasteiger partial charge on any atom is -0.506 e. The Balaban J connectivity index is 2.14. The molecule has 1 N–H and O–H groups in total. The van der Waals surface area contributed by atoms with E-state index in [1.165, 1.54) is 6.07 Å². The highest BCUT2D eigenvalue weighted by molar-refractivity contribution is 9.11. The number of halogens is 2. The molecule has 0 unspecified atom stereocenters. The summed E-state index contributed by atoms with van der Waals surface area (Å²) in [7, 11) is 0. The topological polar surface area (TPSA) is 50.4 Å². The summed E-state index contributed by atoms with van der Waals surface area (Å²) in [6.45, 7) is 0. The molecule has 5 heteroatoms. The second kappa shape index (κ2) is 6.10. The van der Waals surface area contributed by atoms with Crippen molar-refractivity contribution >= 4 is 55.0 Å². The number of phenols is 1. The van der Waals surface area contributed by atoms with Gasteiger partial charge in [-0.2, -0.15) is 0 Å². The fourth-order valence-corrected chi connectivity index (χ4v) is 3.34. The van der Waals surface area contributed by atoms with Crippen molar-refractivity contribution in [3.05, 3.63) is 73.0 Å². The van der Waals surface area contributed by atoms with Gasteiger partial charge < -0.3 is 9.52 Å². The van der Waals surface area contributed by atoms with E-state index in [0.717, 1.165) is 5.56 Å². The van der Waals surface area contributed by atoms with Crippen molar-refractivity contribution in [2.75, 3.05) is 0 Å². The molecule has 22 heavy (non-hydrogen) atoms. The average molecular weight is 422 g/mol. The fourth-order valence-electron chi connectivity index (χ4n) is 2.09. The highest BCUT2D eigenvalue weighted by Gasteiger charge is 2.14. The Bertz CT molecular complexity index is 928. The van der Waals surface area contributed by atoms with Gasteiger partial charge in [0.15, 0.2) is 11.0 Å². The zero-order valence-corrected chi connectivity index (χ0v) is 14.4. The predicted molar refractivity (Wildman–Crippen MR) is 94.9 cm³/mol. The normalized spacial score (nSPS) is 11.4. The van der Waals surface area contributed by atoms with E-state index >= 15 is 0 Å². The smallest absolute Gasteiger partial charge is 0.197 e. The Kier molecular flexibility index (Phi) is 4.18. The Hall–Kier alpha value is -1.85. The molecule has 0 fully saturated rings. The number of benzene rings is 2. The van der Waals surface area contributed by atoms with Crippen LogP contribution in [0.5, 0.6) is 5.75 Å². The summed E-state index contributed by atoms with van der Waals surface area (Å²) in [6.07, 6.45) is 3.58. The van der Waals surface area contributed by atoms with Crippen molar-refractivity contribution in [2.45, 2.75) is 0 Å². The summed E-state index contributed by atoms with van der Waals surface area (Å²) in [5, 5.41) is 10.2. The molecule has 0 amide bonds. The first-order chi connectivity index (χ1) is 10.6. The zero-order valence-electron chi connectivity index (χ0n) is 11.2. The number of hydrogen-bond donors (Lipinski definition) is 1. The largest absolute Gasteiger partial charge is 0.506 e. The Morgan fingerprint density at radius 2 is 1.73 bits per heavy atom. The third kappa shape index (κ3) is 2.87. The Morgan fingerprint density at radius 3 is 2.45 bits per heavy atom. The molecule has 0 saturated heterocycles. The summed E-state index contributed by atoms with van der Waals surface area (Å²) in [5.74, 6) is 0.300. The van der Waals surface area contributed by atoms with Crippen molar-refractivity contribution in [3.63, 3.8) is 0 Å². The van der Waals surface area contributed by atoms with Gasteiger partial charge in [0.2, 0.25) is 0 Å². The lowest BCUT2D eigenvalue weighted by Crippen LogP contribution is -2.01. The van der Waals surface area contributed by atoms with E-state index in [0.29, 0.717) is 20.3 Å².